The molecule has 2 heterocycles. The molecular formula is C18H22N2O2S. The molecule has 1 aromatic carbocycles. The fourth-order valence-corrected chi connectivity index (χ4v) is 4.94. The molecule has 2 aromatic rings. The van der Waals surface area contributed by atoms with Crippen LogP contribution in [0.5, 0.6) is 0 Å². The fourth-order valence-electron chi connectivity index (χ4n) is 3.18. The van der Waals surface area contributed by atoms with Crippen LogP contribution in [-0.4, -0.2) is 42.4 Å². The normalized spacial score (nSPS) is 20.0. The Morgan fingerprint density at radius 2 is 2.04 bits per heavy atom. The van der Waals surface area contributed by atoms with E-state index in [0.29, 0.717) is 11.5 Å². The first-order valence-electron chi connectivity index (χ1n) is 8.01. The summed E-state index contributed by atoms with van der Waals surface area (Å²) < 4.78 is 23.4. The summed E-state index contributed by atoms with van der Waals surface area (Å²) in [5.41, 5.74) is 3.45. The van der Waals surface area contributed by atoms with Crippen molar-refractivity contribution < 1.29 is 8.42 Å². The van der Waals surface area contributed by atoms with Crippen molar-refractivity contribution in [2.24, 2.45) is 0 Å². The lowest BCUT2D eigenvalue weighted by molar-refractivity contribution is 0.215. The Morgan fingerprint density at radius 3 is 2.70 bits per heavy atom. The number of nitrogens with zero attached hydrogens (tertiary/aromatic N) is 2. The van der Waals surface area contributed by atoms with Crippen LogP contribution >= 0.6 is 0 Å². The first kappa shape index (κ1) is 16.1. The maximum absolute atomic E-state index is 11.7. The van der Waals surface area contributed by atoms with Crippen molar-refractivity contribution in [3.05, 3.63) is 54.4 Å². The Morgan fingerprint density at radius 1 is 1.22 bits per heavy atom. The zero-order valence-electron chi connectivity index (χ0n) is 13.4. The highest BCUT2D eigenvalue weighted by atomic mass is 32.2. The molecule has 4 nitrogen and oxygen atoms in total. The summed E-state index contributed by atoms with van der Waals surface area (Å²) in [6.07, 6.45) is 4.38. The third-order valence-electron chi connectivity index (χ3n) is 4.44. The van der Waals surface area contributed by atoms with Gasteiger partial charge in [-0.2, -0.15) is 0 Å². The molecule has 1 aromatic heterocycles. The van der Waals surface area contributed by atoms with E-state index in [4.69, 9.17) is 0 Å². The van der Waals surface area contributed by atoms with E-state index in [0.717, 1.165) is 30.6 Å². The van der Waals surface area contributed by atoms with E-state index >= 15 is 0 Å². The maximum Gasteiger partial charge on any atom is 0.151 e. The fraction of sp³-hybridized carbons (Fsp3) is 0.389. The van der Waals surface area contributed by atoms with Crippen LogP contribution in [0.4, 0.5) is 0 Å². The first-order valence-corrected chi connectivity index (χ1v) is 9.83. The lowest BCUT2D eigenvalue weighted by atomic mass is 10.0. The molecule has 1 aliphatic heterocycles. The standard InChI is InChI=1S/C18H22N2O2S/c1-2-20(18-8-10-23(21,22)14-18)13-15-5-3-6-16(11-15)17-7-4-9-19-12-17/h3-7,9,11-12,18H,2,8,10,13-14H2,1H3. The van der Waals surface area contributed by atoms with Gasteiger partial charge in [-0.3, -0.25) is 9.88 Å². The van der Waals surface area contributed by atoms with Gasteiger partial charge in [-0.25, -0.2) is 8.42 Å². The zero-order valence-corrected chi connectivity index (χ0v) is 14.2. The number of aromatic nitrogens is 1. The van der Waals surface area contributed by atoms with E-state index in [1.54, 1.807) is 6.20 Å². The minimum atomic E-state index is -2.84. The SMILES string of the molecule is CCN(Cc1cccc(-c2cccnc2)c1)C1CCS(=O)(=O)C1. The quantitative estimate of drug-likeness (QED) is 0.846. The number of hydrogen-bond acceptors (Lipinski definition) is 4. The van der Waals surface area contributed by atoms with Crippen molar-refractivity contribution in [1.82, 2.24) is 9.88 Å². The molecule has 1 fully saturated rings. The number of sulfone groups is 1. The zero-order chi connectivity index (χ0) is 16.3. The van der Waals surface area contributed by atoms with Gasteiger partial charge < -0.3 is 0 Å². The molecule has 122 valence electrons. The smallest absolute Gasteiger partial charge is 0.151 e. The van der Waals surface area contributed by atoms with E-state index in [1.807, 2.05) is 18.3 Å². The second-order valence-corrected chi connectivity index (χ2v) is 8.29. The van der Waals surface area contributed by atoms with Gasteiger partial charge >= 0.3 is 0 Å². The molecule has 0 aliphatic carbocycles. The van der Waals surface area contributed by atoms with Crippen molar-refractivity contribution >= 4 is 9.84 Å². The number of hydrogen-bond donors (Lipinski definition) is 0. The Bertz CT molecular complexity index is 760. The predicted octanol–water partition coefficient (Wildman–Crippen LogP) is 2.76. The Kier molecular flexibility index (Phi) is 4.78. The summed E-state index contributed by atoms with van der Waals surface area (Å²) in [7, 11) is -2.84. The summed E-state index contributed by atoms with van der Waals surface area (Å²) in [5.74, 6) is 0.618. The van der Waals surface area contributed by atoms with E-state index in [-0.39, 0.29) is 6.04 Å². The van der Waals surface area contributed by atoms with Gasteiger partial charge in [0, 0.05) is 25.0 Å². The van der Waals surface area contributed by atoms with Gasteiger partial charge in [0.1, 0.15) is 0 Å². The van der Waals surface area contributed by atoms with Crippen LogP contribution in [0, 0.1) is 0 Å². The monoisotopic (exact) mass is 330 g/mol. The average Bonchev–Trinajstić information content (AvgIpc) is 2.93. The highest BCUT2D eigenvalue weighted by molar-refractivity contribution is 7.91. The maximum atomic E-state index is 11.7. The molecule has 0 saturated carbocycles. The Labute approximate surface area is 138 Å². The lowest BCUT2D eigenvalue weighted by Gasteiger charge is -2.26. The number of benzene rings is 1. The summed E-state index contributed by atoms with van der Waals surface area (Å²) in [4.78, 5) is 6.44. The molecule has 23 heavy (non-hydrogen) atoms. The Balaban J connectivity index is 1.77. The second kappa shape index (κ2) is 6.81. The molecule has 0 amide bonds. The molecule has 0 spiro atoms. The van der Waals surface area contributed by atoms with E-state index in [1.165, 1.54) is 5.56 Å². The summed E-state index contributed by atoms with van der Waals surface area (Å²) in [5, 5.41) is 0. The summed E-state index contributed by atoms with van der Waals surface area (Å²) in [6.45, 7) is 3.73. The molecule has 0 bridgehead atoms. The van der Waals surface area contributed by atoms with Crippen molar-refractivity contribution in [3.8, 4) is 11.1 Å². The molecule has 1 atom stereocenters. The van der Waals surface area contributed by atoms with Crippen LogP contribution in [0.1, 0.15) is 18.9 Å². The van der Waals surface area contributed by atoms with Crippen molar-refractivity contribution in [2.45, 2.75) is 25.9 Å². The van der Waals surface area contributed by atoms with Gasteiger partial charge in [-0.1, -0.05) is 31.2 Å². The van der Waals surface area contributed by atoms with Crippen LogP contribution in [0.3, 0.4) is 0 Å². The second-order valence-electron chi connectivity index (χ2n) is 6.06. The highest BCUT2D eigenvalue weighted by Gasteiger charge is 2.31. The number of pyridine rings is 1. The third kappa shape index (κ3) is 3.98. The molecule has 1 saturated heterocycles. The van der Waals surface area contributed by atoms with Gasteiger partial charge in [-0.15, -0.1) is 0 Å². The molecule has 3 rings (SSSR count). The van der Waals surface area contributed by atoms with Crippen molar-refractivity contribution in [3.63, 3.8) is 0 Å². The van der Waals surface area contributed by atoms with Gasteiger partial charge in [-0.05, 0) is 41.8 Å². The average molecular weight is 330 g/mol. The molecule has 0 radical (unpaired) electrons. The van der Waals surface area contributed by atoms with Crippen LogP contribution in [0.25, 0.3) is 11.1 Å². The number of rotatable bonds is 5. The van der Waals surface area contributed by atoms with Gasteiger partial charge in [0.05, 0.1) is 11.5 Å². The minimum absolute atomic E-state index is 0.145. The van der Waals surface area contributed by atoms with E-state index in [2.05, 4.69) is 41.1 Å². The summed E-state index contributed by atoms with van der Waals surface area (Å²) in [6, 6.07) is 12.5. The highest BCUT2D eigenvalue weighted by Crippen LogP contribution is 2.23. The summed E-state index contributed by atoms with van der Waals surface area (Å²) >= 11 is 0. The lowest BCUT2D eigenvalue weighted by Crippen LogP contribution is -2.35. The van der Waals surface area contributed by atoms with E-state index < -0.39 is 9.84 Å². The molecule has 5 heteroatoms. The van der Waals surface area contributed by atoms with Gasteiger partial charge in [0.15, 0.2) is 9.84 Å². The van der Waals surface area contributed by atoms with Crippen LogP contribution in [0.15, 0.2) is 48.8 Å². The topological polar surface area (TPSA) is 50.3 Å². The van der Waals surface area contributed by atoms with Crippen molar-refractivity contribution in [1.29, 1.82) is 0 Å². The van der Waals surface area contributed by atoms with Crippen LogP contribution in [0.2, 0.25) is 0 Å². The molecule has 0 N–H and O–H groups in total. The third-order valence-corrected chi connectivity index (χ3v) is 6.19. The Hall–Kier alpha value is -1.72. The van der Waals surface area contributed by atoms with Crippen LogP contribution < -0.4 is 0 Å². The molecular weight excluding hydrogens is 308 g/mol. The van der Waals surface area contributed by atoms with Crippen molar-refractivity contribution in [2.75, 3.05) is 18.1 Å². The largest absolute Gasteiger partial charge is 0.295 e. The van der Waals surface area contributed by atoms with Crippen LogP contribution in [-0.2, 0) is 16.4 Å². The predicted molar refractivity (Wildman–Crippen MR) is 92.8 cm³/mol. The molecule has 1 aliphatic rings. The first-order chi connectivity index (χ1) is 11.1. The minimum Gasteiger partial charge on any atom is -0.295 e. The van der Waals surface area contributed by atoms with Gasteiger partial charge in [0.25, 0.3) is 0 Å². The molecule has 1 unspecified atom stereocenters. The van der Waals surface area contributed by atoms with E-state index in [9.17, 15) is 8.42 Å². The van der Waals surface area contributed by atoms with Gasteiger partial charge in [0.2, 0.25) is 0 Å².